The molecule has 2 rings (SSSR count). The van der Waals surface area contributed by atoms with Gasteiger partial charge in [0.15, 0.2) is 0 Å². The van der Waals surface area contributed by atoms with E-state index in [-0.39, 0.29) is 11.7 Å². The summed E-state index contributed by atoms with van der Waals surface area (Å²) in [5, 5.41) is 13.7. The molecule has 1 unspecified atom stereocenters. The summed E-state index contributed by atoms with van der Waals surface area (Å²) >= 11 is 0. The van der Waals surface area contributed by atoms with E-state index in [1.807, 2.05) is 49.2 Å². The van der Waals surface area contributed by atoms with Gasteiger partial charge in [0.1, 0.15) is 6.17 Å². The lowest BCUT2D eigenvalue weighted by Gasteiger charge is -2.39. The summed E-state index contributed by atoms with van der Waals surface area (Å²) in [6.45, 7) is 8.18. The van der Waals surface area contributed by atoms with Crippen LogP contribution in [0.5, 0.6) is 0 Å². The van der Waals surface area contributed by atoms with Crippen LogP contribution in [0, 0.1) is 0 Å². The van der Waals surface area contributed by atoms with Gasteiger partial charge in [-0.05, 0) is 33.3 Å². The van der Waals surface area contributed by atoms with E-state index < -0.39 is 5.54 Å². The average Bonchev–Trinajstić information content (AvgIpc) is 2.47. The van der Waals surface area contributed by atoms with Gasteiger partial charge in [-0.25, -0.2) is 0 Å². The van der Waals surface area contributed by atoms with Crippen molar-refractivity contribution in [3.8, 4) is 0 Å². The van der Waals surface area contributed by atoms with Crippen LogP contribution < -0.4 is 0 Å². The minimum absolute atomic E-state index is 0.291. The molecule has 1 saturated heterocycles. The van der Waals surface area contributed by atoms with Crippen LogP contribution in [-0.4, -0.2) is 33.5 Å². The predicted octanol–water partition coefficient (Wildman–Crippen LogP) is 2.81. The van der Waals surface area contributed by atoms with E-state index in [1.54, 1.807) is 7.11 Å². The molecule has 4 heteroatoms. The number of benzene rings is 1. The fourth-order valence-corrected chi connectivity index (χ4v) is 2.49. The molecule has 1 fully saturated rings. The zero-order valence-corrected chi connectivity index (χ0v) is 11.7. The van der Waals surface area contributed by atoms with E-state index in [0.717, 1.165) is 5.56 Å². The van der Waals surface area contributed by atoms with Crippen molar-refractivity contribution in [2.24, 2.45) is 0 Å². The van der Waals surface area contributed by atoms with E-state index in [9.17, 15) is 5.21 Å². The van der Waals surface area contributed by atoms with Crippen LogP contribution in [0.3, 0.4) is 0 Å². The molecule has 18 heavy (non-hydrogen) atoms. The summed E-state index contributed by atoms with van der Waals surface area (Å²) in [6, 6.07) is 9.90. The lowest BCUT2D eigenvalue weighted by molar-refractivity contribution is -0.239. The van der Waals surface area contributed by atoms with Crippen molar-refractivity contribution >= 4 is 0 Å². The fourth-order valence-electron chi connectivity index (χ4n) is 2.49. The molecule has 0 aromatic heterocycles. The van der Waals surface area contributed by atoms with Crippen molar-refractivity contribution in [2.75, 3.05) is 7.11 Å². The highest BCUT2D eigenvalue weighted by atomic mass is 16.7. The maximum absolute atomic E-state index is 10.5. The summed E-state index contributed by atoms with van der Waals surface area (Å²) in [6.07, 6.45) is -0.291. The van der Waals surface area contributed by atoms with Crippen LogP contribution in [0.2, 0.25) is 0 Å². The molecule has 1 aliphatic rings. The lowest BCUT2D eigenvalue weighted by Crippen LogP contribution is -2.53. The van der Waals surface area contributed by atoms with Gasteiger partial charge in [-0.15, -0.1) is 0 Å². The Morgan fingerprint density at radius 1 is 1.06 bits per heavy atom. The Morgan fingerprint density at radius 3 is 2.11 bits per heavy atom. The van der Waals surface area contributed by atoms with E-state index >= 15 is 0 Å². The molecule has 1 aromatic carbocycles. The van der Waals surface area contributed by atoms with Crippen LogP contribution in [0.15, 0.2) is 30.3 Å². The quantitative estimate of drug-likeness (QED) is 0.875. The van der Waals surface area contributed by atoms with Gasteiger partial charge in [-0.3, -0.25) is 4.84 Å². The summed E-state index contributed by atoms with van der Waals surface area (Å²) in [5.74, 6) is 0. The Kier molecular flexibility index (Phi) is 3.23. The Balaban J connectivity index is 2.48. The fraction of sp³-hybridized carbons (Fsp3) is 0.571. The van der Waals surface area contributed by atoms with Gasteiger partial charge in [0.2, 0.25) is 0 Å². The molecule has 100 valence electrons. The third kappa shape index (κ3) is 1.68. The highest BCUT2D eigenvalue weighted by Gasteiger charge is 2.58. The zero-order chi connectivity index (χ0) is 13.6. The number of hydrogen-bond donors (Lipinski definition) is 1. The highest BCUT2D eigenvalue weighted by molar-refractivity contribution is 5.22. The maximum atomic E-state index is 10.5. The molecule has 1 N–H and O–H groups in total. The van der Waals surface area contributed by atoms with E-state index in [1.165, 1.54) is 5.06 Å². The van der Waals surface area contributed by atoms with Crippen molar-refractivity contribution in [3.05, 3.63) is 35.9 Å². The van der Waals surface area contributed by atoms with Crippen molar-refractivity contribution in [2.45, 2.75) is 44.9 Å². The van der Waals surface area contributed by atoms with Gasteiger partial charge in [0, 0.05) is 0 Å². The van der Waals surface area contributed by atoms with Gasteiger partial charge in [0.25, 0.3) is 0 Å². The largest absolute Gasteiger partial charge is 0.311 e. The van der Waals surface area contributed by atoms with Crippen molar-refractivity contribution < 1.29 is 10.0 Å². The topological polar surface area (TPSA) is 35.9 Å². The van der Waals surface area contributed by atoms with Crippen molar-refractivity contribution in [1.82, 2.24) is 10.1 Å². The summed E-state index contributed by atoms with van der Waals surface area (Å²) in [7, 11) is 1.65. The minimum Gasteiger partial charge on any atom is -0.311 e. The molecule has 0 spiro atoms. The van der Waals surface area contributed by atoms with Crippen LogP contribution >= 0.6 is 0 Å². The van der Waals surface area contributed by atoms with E-state index in [2.05, 4.69) is 13.8 Å². The van der Waals surface area contributed by atoms with Gasteiger partial charge in [-0.2, -0.15) is 10.1 Å². The van der Waals surface area contributed by atoms with Crippen LogP contribution in [0.4, 0.5) is 0 Å². The van der Waals surface area contributed by atoms with E-state index in [4.69, 9.17) is 4.84 Å². The van der Waals surface area contributed by atoms with Gasteiger partial charge in [-0.1, -0.05) is 30.3 Å². The molecule has 1 aromatic rings. The van der Waals surface area contributed by atoms with E-state index in [0.29, 0.717) is 0 Å². The summed E-state index contributed by atoms with van der Waals surface area (Å²) in [4.78, 5) is 5.53. The SMILES string of the molecule is CON1C(c2ccccc2)N(O)C(C)(C)C1(C)C. The molecule has 0 saturated carbocycles. The van der Waals surface area contributed by atoms with Gasteiger partial charge in [0.05, 0.1) is 18.2 Å². The first kappa shape index (κ1) is 13.5. The normalized spacial score (nSPS) is 27.6. The first-order valence-corrected chi connectivity index (χ1v) is 6.20. The number of rotatable bonds is 2. The third-order valence-corrected chi connectivity index (χ3v) is 4.37. The average molecular weight is 250 g/mol. The number of hydroxylamine groups is 4. The molecular weight excluding hydrogens is 228 g/mol. The third-order valence-electron chi connectivity index (χ3n) is 4.37. The Morgan fingerprint density at radius 2 is 1.61 bits per heavy atom. The lowest BCUT2D eigenvalue weighted by atomic mass is 9.84. The molecule has 1 aliphatic heterocycles. The maximum Gasteiger partial charge on any atom is 0.137 e. The summed E-state index contributed by atoms with van der Waals surface area (Å²) in [5.41, 5.74) is 0.293. The van der Waals surface area contributed by atoms with Crippen molar-refractivity contribution in [1.29, 1.82) is 0 Å². The van der Waals surface area contributed by atoms with Crippen LogP contribution in [-0.2, 0) is 4.84 Å². The van der Waals surface area contributed by atoms with Crippen LogP contribution in [0.1, 0.15) is 39.4 Å². The van der Waals surface area contributed by atoms with Gasteiger partial charge >= 0.3 is 0 Å². The molecule has 1 heterocycles. The number of hydrogen-bond acceptors (Lipinski definition) is 4. The zero-order valence-electron chi connectivity index (χ0n) is 11.7. The molecular formula is C14H22N2O2. The standard InChI is InChI=1S/C14H22N2O2/c1-13(2)14(3,4)16(18-5)12(15(13)17)11-9-7-6-8-10-11/h6-10,12,17H,1-5H3. The molecule has 4 nitrogen and oxygen atoms in total. The Labute approximate surface area is 109 Å². The first-order valence-electron chi connectivity index (χ1n) is 6.20. The molecule has 0 aliphatic carbocycles. The van der Waals surface area contributed by atoms with Crippen molar-refractivity contribution in [3.63, 3.8) is 0 Å². The van der Waals surface area contributed by atoms with Crippen LogP contribution in [0.25, 0.3) is 0 Å². The first-order chi connectivity index (χ1) is 8.34. The Hall–Kier alpha value is -0.940. The Bertz CT molecular complexity index is 417. The summed E-state index contributed by atoms with van der Waals surface area (Å²) < 4.78 is 0. The second-order valence-corrected chi connectivity index (χ2v) is 5.76. The second kappa shape index (κ2) is 4.31. The molecule has 0 amide bonds. The molecule has 0 bridgehead atoms. The predicted molar refractivity (Wildman–Crippen MR) is 69.8 cm³/mol. The highest BCUT2D eigenvalue weighted by Crippen LogP contribution is 2.48. The van der Waals surface area contributed by atoms with Gasteiger partial charge < -0.3 is 5.21 Å². The minimum atomic E-state index is -0.413. The second-order valence-electron chi connectivity index (χ2n) is 5.76. The smallest absolute Gasteiger partial charge is 0.137 e. The molecule has 1 atom stereocenters. The number of nitrogens with zero attached hydrogens (tertiary/aromatic N) is 2. The molecule has 0 radical (unpaired) electrons. The monoisotopic (exact) mass is 250 g/mol.